The van der Waals surface area contributed by atoms with Gasteiger partial charge >= 0.3 is 6.18 Å². The number of fused-ring (bicyclic) bond motifs is 1. The van der Waals surface area contributed by atoms with Crippen LogP contribution < -0.4 is 4.74 Å². The first-order valence-electron chi connectivity index (χ1n) is 8.60. The first-order chi connectivity index (χ1) is 13.8. The third-order valence-electron chi connectivity index (χ3n) is 4.01. The van der Waals surface area contributed by atoms with Crippen molar-refractivity contribution in [3.05, 3.63) is 52.4 Å². The quantitative estimate of drug-likeness (QED) is 0.560. The Kier molecular flexibility index (Phi) is 7.78. The summed E-state index contributed by atoms with van der Waals surface area (Å²) < 4.78 is 50.0. The van der Waals surface area contributed by atoms with Crippen LogP contribution in [-0.2, 0) is 10.9 Å². The fourth-order valence-electron chi connectivity index (χ4n) is 2.77. The number of benzene rings is 2. The second kappa shape index (κ2) is 9.87. The molecule has 156 valence electrons. The molecule has 0 aliphatic rings. The Labute approximate surface area is 170 Å². The Balaban J connectivity index is 0.000000941. The number of aliphatic hydroxyl groups is 1. The molecule has 0 unspecified atom stereocenters. The minimum atomic E-state index is -4.53. The highest BCUT2D eigenvalue weighted by Crippen LogP contribution is 2.41. The molecule has 0 aliphatic heterocycles. The maximum Gasteiger partial charge on any atom is 0.416 e. The van der Waals surface area contributed by atoms with Crippen LogP contribution in [0.1, 0.15) is 20.8 Å². The summed E-state index contributed by atoms with van der Waals surface area (Å²) in [6.45, 7) is 1.42. The van der Waals surface area contributed by atoms with E-state index in [-0.39, 0.29) is 19.0 Å². The van der Waals surface area contributed by atoms with Crippen LogP contribution in [-0.4, -0.2) is 38.8 Å². The van der Waals surface area contributed by atoms with Gasteiger partial charge in [0.05, 0.1) is 17.0 Å². The van der Waals surface area contributed by atoms with Crippen molar-refractivity contribution in [2.45, 2.75) is 13.1 Å². The fourth-order valence-corrected chi connectivity index (χ4v) is 3.92. The van der Waals surface area contributed by atoms with Crippen molar-refractivity contribution in [1.29, 1.82) is 0 Å². The molecule has 0 radical (unpaired) electrons. The highest BCUT2D eigenvalue weighted by molar-refractivity contribution is 7.21. The largest absolute Gasteiger partial charge is 0.491 e. The SMILES string of the molecule is COC.Cc1c(C=O)sc2c(-c3cc(OCCO)cc(C(F)(F)F)c3)cccc12. The number of carbonyl (C=O) groups excluding carboxylic acids is 1. The van der Waals surface area contributed by atoms with Crippen molar-refractivity contribution in [1.82, 2.24) is 0 Å². The van der Waals surface area contributed by atoms with Gasteiger partial charge in [0, 0.05) is 18.9 Å². The second-order valence-electron chi connectivity index (χ2n) is 6.12. The van der Waals surface area contributed by atoms with E-state index in [9.17, 15) is 18.0 Å². The fraction of sp³-hybridized carbons (Fsp3) is 0.286. The van der Waals surface area contributed by atoms with Gasteiger partial charge in [0.2, 0.25) is 0 Å². The molecule has 0 saturated carbocycles. The number of halogens is 3. The van der Waals surface area contributed by atoms with Gasteiger partial charge < -0.3 is 14.6 Å². The summed E-state index contributed by atoms with van der Waals surface area (Å²) in [7, 11) is 3.25. The van der Waals surface area contributed by atoms with Crippen molar-refractivity contribution in [2.24, 2.45) is 0 Å². The van der Waals surface area contributed by atoms with Gasteiger partial charge in [-0.3, -0.25) is 4.79 Å². The predicted molar refractivity (Wildman–Crippen MR) is 108 cm³/mol. The van der Waals surface area contributed by atoms with Crippen LogP contribution in [0.5, 0.6) is 5.75 Å². The number of aryl methyl sites for hydroxylation is 1. The Morgan fingerprint density at radius 2 is 1.86 bits per heavy atom. The Bertz CT molecular complexity index is 980. The zero-order valence-electron chi connectivity index (χ0n) is 16.2. The van der Waals surface area contributed by atoms with Crippen molar-refractivity contribution in [3.63, 3.8) is 0 Å². The Morgan fingerprint density at radius 1 is 1.17 bits per heavy atom. The van der Waals surface area contributed by atoms with Gasteiger partial charge in [-0.05, 0) is 47.2 Å². The zero-order chi connectivity index (χ0) is 21.6. The average Bonchev–Trinajstić information content (AvgIpc) is 3.02. The van der Waals surface area contributed by atoms with Gasteiger partial charge in [0.15, 0.2) is 6.29 Å². The zero-order valence-corrected chi connectivity index (χ0v) is 17.0. The lowest BCUT2D eigenvalue weighted by Crippen LogP contribution is -2.07. The minimum Gasteiger partial charge on any atom is -0.491 e. The number of aldehydes is 1. The predicted octanol–water partition coefficient (Wildman–Crippen LogP) is 5.34. The summed E-state index contributed by atoms with van der Waals surface area (Å²) in [5.41, 5.74) is 0.926. The average molecular weight is 426 g/mol. The maximum atomic E-state index is 13.3. The number of rotatable bonds is 5. The maximum absolute atomic E-state index is 13.3. The molecule has 1 aromatic heterocycles. The number of ether oxygens (including phenoxy) is 2. The van der Waals surface area contributed by atoms with Gasteiger partial charge in [-0.15, -0.1) is 11.3 Å². The molecule has 0 saturated heterocycles. The van der Waals surface area contributed by atoms with Crippen molar-refractivity contribution in [2.75, 3.05) is 27.4 Å². The normalized spacial score (nSPS) is 11.1. The van der Waals surface area contributed by atoms with Crippen LogP contribution in [0.3, 0.4) is 0 Å². The van der Waals surface area contributed by atoms with E-state index in [0.29, 0.717) is 16.0 Å². The van der Waals surface area contributed by atoms with Gasteiger partial charge in [-0.25, -0.2) is 0 Å². The van der Waals surface area contributed by atoms with Gasteiger partial charge in [-0.1, -0.05) is 18.2 Å². The first-order valence-corrected chi connectivity index (χ1v) is 9.42. The molecular formula is C21H21F3O4S. The van der Waals surface area contributed by atoms with Gasteiger partial charge in [0.25, 0.3) is 0 Å². The lowest BCUT2D eigenvalue weighted by molar-refractivity contribution is -0.137. The first kappa shape index (κ1) is 22.9. The molecule has 3 rings (SSSR count). The number of hydrogen-bond acceptors (Lipinski definition) is 5. The molecule has 8 heteroatoms. The number of alkyl halides is 3. The van der Waals surface area contributed by atoms with Crippen molar-refractivity contribution in [3.8, 4) is 16.9 Å². The molecule has 1 heterocycles. The molecular weight excluding hydrogens is 405 g/mol. The number of carbonyl (C=O) groups is 1. The van der Waals surface area contributed by atoms with E-state index in [1.807, 2.05) is 13.0 Å². The second-order valence-corrected chi connectivity index (χ2v) is 7.17. The molecule has 2 aromatic carbocycles. The highest BCUT2D eigenvalue weighted by Gasteiger charge is 2.31. The summed E-state index contributed by atoms with van der Waals surface area (Å²) in [6.07, 6.45) is -3.77. The minimum absolute atomic E-state index is 0.0322. The van der Waals surface area contributed by atoms with Crippen LogP contribution >= 0.6 is 11.3 Å². The standard InChI is InChI=1S/C19H15F3O3S.C2H6O/c1-11-15-3-2-4-16(18(15)26-17(11)10-24)12-7-13(19(20,21)22)9-14(8-12)25-6-5-23;1-3-2/h2-4,7-10,23H,5-6H2,1H3;1-2H3. The molecule has 1 N–H and O–H groups in total. The summed E-state index contributed by atoms with van der Waals surface area (Å²) in [6, 6.07) is 8.80. The van der Waals surface area contributed by atoms with E-state index in [4.69, 9.17) is 9.84 Å². The third-order valence-corrected chi connectivity index (χ3v) is 5.28. The van der Waals surface area contributed by atoms with Crippen LogP contribution in [0.25, 0.3) is 21.2 Å². The van der Waals surface area contributed by atoms with E-state index in [1.54, 1.807) is 26.4 Å². The van der Waals surface area contributed by atoms with Crippen LogP contribution in [0.15, 0.2) is 36.4 Å². The van der Waals surface area contributed by atoms with Crippen molar-refractivity contribution < 1.29 is 32.5 Å². The molecule has 29 heavy (non-hydrogen) atoms. The molecule has 0 aliphatic carbocycles. The monoisotopic (exact) mass is 426 g/mol. The van der Waals surface area contributed by atoms with Crippen LogP contribution in [0.4, 0.5) is 13.2 Å². The summed E-state index contributed by atoms with van der Waals surface area (Å²) in [5.74, 6) is 0.0322. The molecule has 4 nitrogen and oxygen atoms in total. The Hall–Kier alpha value is -2.42. The van der Waals surface area contributed by atoms with E-state index < -0.39 is 11.7 Å². The summed E-state index contributed by atoms with van der Waals surface area (Å²) >= 11 is 1.25. The molecule has 0 atom stereocenters. The summed E-state index contributed by atoms with van der Waals surface area (Å²) in [5, 5.41) is 9.70. The van der Waals surface area contributed by atoms with E-state index >= 15 is 0 Å². The van der Waals surface area contributed by atoms with E-state index in [1.165, 1.54) is 17.4 Å². The molecule has 0 bridgehead atoms. The van der Waals surface area contributed by atoms with E-state index in [2.05, 4.69) is 4.74 Å². The van der Waals surface area contributed by atoms with Gasteiger partial charge in [0.1, 0.15) is 12.4 Å². The number of hydrogen-bond donors (Lipinski definition) is 1. The van der Waals surface area contributed by atoms with Crippen LogP contribution in [0.2, 0.25) is 0 Å². The molecule has 0 fully saturated rings. The number of methoxy groups -OCH3 is 1. The molecule has 0 amide bonds. The topological polar surface area (TPSA) is 55.8 Å². The molecule has 3 aromatic rings. The highest BCUT2D eigenvalue weighted by atomic mass is 32.1. The lowest BCUT2D eigenvalue weighted by atomic mass is 10.00. The smallest absolute Gasteiger partial charge is 0.416 e. The summed E-state index contributed by atoms with van der Waals surface area (Å²) in [4.78, 5) is 11.8. The Morgan fingerprint density at radius 3 is 2.45 bits per heavy atom. The van der Waals surface area contributed by atoms with Crippen LogP contribution in [0, 0.1) is 6.92 Å². The lowest BCUT2D eigenvalue weighted by Gasteiger charge is -2.13. The van der Waals surface area contributed by atoms with Gasteiger partial charge in [-0.2, -0.15) is 13.2 Å². The van der Waals surface area contributed by atoms with Crippen molar-refractivity contribution >= 4 is 27.7 Å². The number of thiophene rings is 1. The van der Waals surface area contributed by atoms with E-state index in [0.717, 1.165) is 34.1 Å². The third kappa shape index (κ3) is 5.35. The molecule has 0 spiro atoms. The number of aliphatic hydroxyl groups excluding tert-OH is 1.